The maximum Gasteiger partial charge on any atom is 0.253 e. The molecule has 1 aliphatic rings. The summed E-state index contributed by atoms with van der Waals surface area (Å²) in [7, 11) is 1.82. The average Bonchev–Trinajstić information content (AvgIpc) is 2.57. The van der Waals surface area contributed by atoms with Crippen LogP contribution in [0.2, 0.25) is 0 Å². The number of anilines is 1. The molecule has 1 aromatic carbocycles. The Morgan fingerprint density at radius 1 is 1.29 bits per heavy atom. The van der Waals surface area contributed by atoms with Gasteiger partial charge in [0.05, 0.1) is 0 Å². The molecular formula is C17H26ClN3O2S. The average molecular weight is 372 g/mol. The maximum atomic E-state index is 12.6. The van der Waals surface area contributed by atoms with Crippen molar-refractivity contribution in [2.24, 2.45) is 5.92 Å². The van der Waals surface area contributed by atoms with E-state index in [0.717, 1.165) is 35.8 Å². The number of carbonyl (C=O) groups excluding carboxylic acids is 2. The predicted molar refractivity (Wildman–Crippen MR) is 103 cm³/mol. The summed E-state index contributed by atoms with van der Waals surface area (Å²) in [5, 5.41) is 5.94. The minimum Gasteiger partial charge on any atom is -0.337 e. The van der Waals surface area contributed by atoms with Crippen molar-refractivity contribution in [1.82, 2.24) is 10.2 Å². The molecule has 0 aliphatic carbocycles. The molecule has 2 N–H and O–H groups in total. The molecule has 2 amide bonds. The van der Waals surface area contributed by atoms with Crippen LogP contribution in [0.25, 0.3) is 0 Å². The van der Waals surface area contributed by atoms with Crippen molar-refractivity contribution in [1.29, 1.82) is 0 Å². The molecular weight excluding hydrogens is 346 g/mol. The fourth-order valence-corrected chi connectivity index (χ4v) is 3.40. The van der Waals surface area contributed by atoms with E-state index >= 15 is 0 Å². The molecule has 1 atom stereocenters. The van der Waals surface area contributed by atoms with Gasteiger partial charge in [0.1, 0.15) is 0 Å². The SMILES string of the molecule is CNCC(C)C(=O)Nc1cc(C(=O)N2CCSCC2)ccc1C.Cl. The summed E-state index contributed by atoms with van der Waals surface area (Å²) in [4.78, 5) is 26.7. The zero-order valence-electron chi connectivity index (χ0n) is 14.4. The third-order valence-electron chi connectivity index (χ3n) is 4.00. The van der Waals surface area contributed by atoms with Gasteiger partial charge in [0.25, 0.3) is 5.91 Å². The zero-order valence-corrected chi connectivity index (χ0v) is 16.1. The number of thioether (sulfide) groups is 1. The lowest BCUT2D eigenvalue weighted by Gasteiger charge is -2.26. The Morgan fingerprint density at radius 2 is 1.96 bits per heavy atom. The van der Waals surface area contributed by atoms with Gasteiger partial charge in [-0.2, -0.15) is 11.8 Å². The topological polar surface area (TPSA) is 61.4 Å². The highest BCUT2D eigenvalue weighted by Gasteiger charge is 2.20. The first-order valence-electron chi connectivity index (χ1n) is 7.96. The van der Waals surface area contributed by atoms with Crippen molar-refractivity contribution in [3.63, 3.8) is 0 Å². The van der Waals surface area contributed by atoms with E-state index in [2.05, 4.69) is 10.6 Å². The van der Waals surface area contributed by atoms with E-state index in [1.54, 1.807) is 6.07 Å². The smallest absolute Gasteiger partial charge is 0.253 e. The summed E-state index contributed by atoms with van der Waals surface area (Å²) < 4.78 is 0. The van der Waals surface area contributed by atoms with Gasteiger partial charge in [-0.3, -0.25) is 9.59 Å². The monoisotopic (exact) mass is 371 g/mol. The van der Waals surface area contributed by atoms with Crippen molar-refractivity contribution >= 4 is 41.7 Å². The molecule has 1 aliphatic heterocycles. The van der Waals surface area contributed by atoms with Crippen LogP contribution in [-0.4, -0.2) is 54.9 Å². The zero-order chi connectivity index (χ0) is 16.8. The highest BCUT2D eigenvalue weighted by molar-refractivity contribution is 7.99. The molecule has 24 heavy (non-hydrogen) atoms. The Balaban J connectivity index is 0.00000288. The highest BCUT2D eigenvalue weighted by atomic mass is 35.5. The summed E-state index contributed by atoms with van der Waals surface area (Å²) in [6, 6.07) is 5.53. The Labute approximate surface area is 154 Å². The van der Waals surface area contributed by atoms with Crippen LogP contribution in [0.4, 0.5) is 5.69 Å². The summed E-state index contributed by atoms with van der Waals surface area (Å²) >= 11 is 1.88. The van der Waals surface area contributed by atoms with Gasteiger partial charge >= 0.3 is 0 Å². The lowest BCUT2D eigenvalue weighted by atomic mass is 10.1. The van der Waals surface area contributed by atoms with Gasteiger partial charge in [0.2, 0.25) is 5.91 Å². The van der Waals surface area contributed by atoms with E-state index in [1.807, 2.05) is 49.7 Å². The van der Waals surface area contributed by atoms with Gasteiger partial charge in [0, 0.05) is 48.3 Å². The molecule has 1 saturated heterocycles. The minimum atomic E-state index is -0.127. The number of hydrogen-bond donors (Lipinski definition) is 2. The molecule has 0 spiro atoms. The van der Waals surface area contributed by atoms with Crippen LogP contribution in [0.1, 0.15) is 22.8 Å². The lowest BCUT2D eigenvalue weighted by Crippen LogP contribution is -2.38. The number of nitrogens with zero attached hydrogens (tertiary/aromatic N) is 1. The molecule has 2 rings (SSSR count). The van der Waals surface area contributed by atoms with Crippen molar-refractivity contribution in [2.75, 3.05) is 43.5 Å². The van der Waals surface area contributed by atoms with Gasteiger partial charge in [-0.15, -0.1) is 12.4 Å². The molecule has 0 saturated carbocycles. The summed E-state index contributed by atoms with van der Waals surface area (Å²) in [6.45, 7) is 6.01. The molecule has 1 fully saturated rings. The van der Waals surface area contributed by atoms with Crippen LogP contribution in [0.5, 0.6) is 0 Å². The Kier molecular flexibility index (Phi) is 8.59. The fraction of sp³-hybridized carbons (Fsp3) is 0.529. The number of benzene rings is 1. The second kappa shape index (κ2) is 9.91. The first-order chi connectivity index (χ1) is 11.0. The van der Waals surface area contributed by atoms with Gasteiger partial charge in [0.15, 0.2) is 0 Å². The second-order valence-corrected chi connectivity index (χ2v) is 7.11. The largest absolute Gasteiger partial charge is 0.337 e. The van der Waals surface area contributed by atoms with Gasteiger partial charge in [-0.05, 0) is 31.7 Å². The number of amides is 2. The van der Waals surface area contributed by atoms with E-state index in [9.17, 15) is 9.59 Å². The second-order valence-electron chi connectivity index (χ2n) is 5.88. The number of aryl methyl sites for hydroxylation is 1. The number of halogens is 1. The quantitative estimate of drug-likeness (QED) is 0.834. The van der Waals surface area contributed by atoms with Crippen molar-refractivity contribution in [3.05, 3.63) is 29.3 Å². The number of carbonyl (C=O) groups is 2. The Hall–Kier alpha value is -1.24. The minimum absolute atomic E-state index is 0. The van der Waals surface area contributed by atoms with E-state index in [1.165, 1.54) is 0 Å². The van der Waals surface area contributed by atoms with E-state index in [-0.39, 0.29) is 30.1 Å². The number of rotatable bonds is 5. The van der Waals surface area contributed by atoms with E-state index in [0.29, 0.717) is 12.1 Å². The number of nitrogens with one attached hydrogen (secondary N) is 2. The molecule has 5 nitrogen and oxygen atoms in total. The van der Waals surface area contributed by atoms with Gasteiger partial charge < -0.3 is 15.5 Å². The van der Waals surface area contributed by atoms with Crippen LogP contribution in [0, 0.1) is 12.8 Å². The van der Waals surface area contributed by atoms with Crippen LogP contribution in [0.3, 0.4) is 0 Å². The first-order valence-corrected chi connectivity index (χ1v) is 9.11. The lowest BCUT2D eigenvalue weighted by molar-refractivity contribution is -0.119. The molecule has 134 valence electrons. The van der Waals surface area contributed by atoms with Crippen molar-refractivity contribution < 1.29 is 9.59 Å². The van der Waals surface area contributed by atoms with Crippen molar-refractivity contribution in [2.45, 2.75) is 13.8 Å². The fourth-order valence-electron chi connectivity index (χ4n) is 2.49. The Bertz CT molecular complexity index is 577. The van der Waals surface area contributed by atoms with E-state index in [4.69, 9.17) is 0 Å². The van der Waals surface area contributed by atoms with Crippen LogP contribution >= 0.6 is 24.2 Å². The Morgan fingerprint density at radius 3 is 2.58 bits per heavy atom. The van der Waals surface area contributed by atoms with Crippen LogP contribution < -0.4 is 10.6 Å². The summed E-state index contributed by atoms with van der Waals surface area (Å²) in [5.41, 5.74) is 2.31. The van der Waals surface area contributed by atoms with Crippen LogP contribution in [-0.2, 0) is 4.79 Å². The molecule has 1 unspecified atom stereocenters. The summed E-state index contributed by atoms with van der Waals surface area (Å²) in [5.74, 6) is 1.86. The third-order valence-corrected chi connectivity index (χ3v) is 4.94. The van der Waals surface area contributed by atoms with Gasteiger partial charge in [-0.1, -0.05) is 13.0 Å². The van der Waals surface area contributed by atoms with E-state index < -0.39 is 0 Å². The normalized spacial score (nSPS) is 15.4. The molecule has 0 bridgehead atoms. The molecule has 0 radical (unpaired) electrons. The van der Waals surface area contributed by atoms with Gasteiger partial charge in [-0.25, -0.2) is 0 Å². The molecule has 1 heterocycles. The first kappa shape index (κ1) is 20.8. The van der Waals surface area contributed by atoms with Crippen molar-refractivity contribution in [3.8, 4) is 0 Å². The predicted octanol–water partition coefficient (Wildman–Crippen LogP) is 2.40. The highest BCUT2D eigenvalue weighted by Crippen LogP contribution is 2.20. The third kappa shape index (κ3) is 5.40. The summed E-state index contributed by atoms with van der Waals surface area (Å²) in [6.07, 6.45) is 0. The molecule has 7 heteroatoms. The standard InChI is InChI=1S/C17H25N3O2S.ClH/c1-12-4-5-14(17(22)20-6-8-23-9-7-20)10-15(12)19-16(21)13(2)11-18-3;/h4-5,10,13,18H,6-9,11H2,1-3H3,(H,19,21);1H. The number of hydrogen-bond acceptors (Lipinski definition) is 4. The molecule has 1 aromatic rings. The maximum absolute atomic E-state index is 12.6. The van der Waals surface area contributed by atoms with Crippen LogP contribution in [0.15, 0.2) is 18.2 Å². The molecule has 0 aromatic heterocycles.